The van der Waals surface area contributed by atoms with E-state index in [2.05, 4.69) is 36.5 Å². The molecular weight excluding hydrogens is 348 g/mol. The minimum atomic E-state index is -0.0539. The Hall–Kier alpha value is -1.85. The molecule has 0 aliphatic carbocycles. The smallest absolute Gasteiger partial charge is 0.254 e. The van der Waals surface area contributed by atoms with Crippen molar-refractivity contribution in [1.82, 2.24) is 20.4 Å². The molecule has 0 spiro atoms. The van der Waals surface area contributed by atoms with Gasteiger partial charge < -0.3 is 10.6 Å². The molecule has 1 aromatic heterocycles. The van der Waals surface area contributed by atoms with Gasteiger partial charge in [0.25, 0.3) is 5.91 Å². The lowest BCUT2D eigenvalue weighted by Crippen LogP contribution is -2.43. The standard InChI is InChI=1S/C20H27ClN4O/c1-14(2)18-17(12-24-25(18)16-6-4-5-15(21)11-16)19(26)23-13-20(3)7-9-22-10-8-20/h4-6,11-12,14,22H,7-10,13H2,1-3H3,(H,23,26). The Balaban J connectivity index is 1.82. The summed E-state index contributed by atoms with van der Waals surface area (Å²) in [6, 6.07) is 7.53. The summed E-state index contributed by atoms with van der Waals surface area (Å²) in [6.07, 6.45) is 3.81. The van der Waals surface area contributed by atoms with Gasteiger partial charge in [0.2, 0.25) is 0 Å². The predicted octanol–water partition coefficient (Wildman–Crippen LogP) is 3.77. The normalized spacial score (nSPS) is 16.7. The second-order valence-corrected chi connectivity index (χ2v) is 8.17. The van der Waals surface area contributed by atoms with Gasteiger partial charge >= 0.3 is 0 Å². The Morgan fingerprint density at radius 3 is 2.77 bits per heavy atom. The minimum Gasteiger partial charge on any atom is -0.351 e. The number of amides is 1. The molecule has 0 radical (unpaired) electrons. The zero-order chi connectivity index (χ0) is 18.7. The highest BCUT2D eigenvalue weighted by Crippen LogP contribution is 2.28. The van der Waals surface area contributed by atoms with E-state index in [1.165, 1.54) is 0 Å². The average Bonchev–Trinajstić information content (AvgIpc) is 3.06. The largest absolute Gasteiger partial charge is 0.351 e. The fourth-order valence-corrected chi connectivity index (χ4v) is 3.68. The van der Waals surface area contributed by atoms with Crippen molar-refractivity contribution in [3.05, 3.63) is 46.7 Å². The molecule has 1 saturated heterocycles. The van der Waals surface area contributed by atoms with E-state index in [1.54, 1.807) is 6.20 Å². The molecule has 2 heterocycles. The van der Waals surface area contributed by atoms with Crippen LogP contribution in [0, 0.1) is 5.41 Å². The highest BCUT2D eigenvalue weighted by molar-refractivity contribution is 6.30. The molecule has 0 saturated carbocycles. The van der Waals surface area contributed by atoms with Gasteiger partial charge in [-0.05, 0) is 55.5 Å². The summed E-state index contributed by atoms with van der Waals surface area (Å²) in [5.74, 6) is 0.105. The maximum absolute atomic E-state index is 12.9. The van der Waals surface area contributed by atoms with Gasteiger partial charge in [-0.15, -0.1) is 0 Å². The Morgan fingerprint density at radius 1 is 1.38 bits per heavy atom. The van der Waals surface area contributed by atoms with E-state index < -0.39 is 0 Å². The van der Waals surface area contributed by atoms with Gasteiger partial charge in [0.1, 0.15) is 0 Å². The zero-order valence-corrected chi connectivity index (χ0v) is 16.4. The molecule has 5 nitrogen and oxygen atoms in total. The maximum Gasteiger partial charge on any atom is 0.254 e. The van der Waals surface area contributed by atoms with Crippen molar-refractivity contribution in [2.24, 2.45) is 5.41 Å². The number of hydrogen-bond acceptors (Lipinski definition) is 3. The van der Waals surface area contributed by atoms with E-state index in [-0.39, 0.29) is 17.2 Å². The molecule has 0 atom stereocenters. The maximum atomic E-state index is 12.9. The third-order valence-electron chi connectivity index (χ3n) is 5.14. The van der Waals surface area contributed by atoms with Crippen LogP contribution in [0.4, 0.5) is 0 Å². The number of hydrogen-bond donors (Lipinski definition) is 2. The van der Waals surface area contributed by atoms with E-state index in [0.29, 0.717) is 17.1 Å². The zero-order valence-electron chi connectivity index (χ0n) is 15.7. The molecule has 1 aliphatic heterocycles. The molecule has 1 fully saturated rings. The quantitative estimate of drug-likeness (QED) is 0.837. The average molecular weight is 375 g/mol. The van der Waals surface area contributed by atoms with Gasteiger partial charge in [0.15, 0.2) is 0 Å². The topological polar surface area (TPSA) is 59.0 Å². The van der Waals surface area contributed by atoms with E-state index in [1.807, 2.05) is 28.9 Å². The van der Waals surface area contributed by atoms with Crippen LogP contribution in [0.1, 0.15) is 55.6 Å². The molecule has 0 bridgehead atoms. The van der Waals surface area contributed by atoms with E-state index in [9.17, 15) is 4.79 Å². The fraction of sp³-hybridized carbons (Fsp3) is 0.500. The number of rotatable bonds is 5. The summed E-state index contributed by atoms with van der Waals surface area (Å²) in [4.78, 5) is 12.9. The molecular formula is C20H27ClN4O. The van der Waals surface area contributed by atoms with Crippen LogP contribution in [0.15, 0.2) is 30.5 Å². The molecule has 2 aromatic rings. The van der Waals surface area contributed by atoms with Crippen LogP contribution in [0.25, 0.3) is 5.69 Å². The summed E-state index contributed by atoms with van der Waals surface area (Å²) in [5.41, 5.74) is 2.56. The van der Waals surface area contributed by atoms with Crippen LogP contribution < -0.4 is 10.6 Å². The lowest BCUT2D eigenvalue weighted by Gasteiger charge is -2.34. The number of nitrogens with zero attached hydrogens (tertiary/aromatic N) is 2. The predicted molar refractivity (Wildman–Crippen MR) is 105 cm³/mol. The van der Waals surface area contributed by atoms with Gasteiger partial charge in [-0.25, -0.2) is 4.68 Å². The van der Waals surface area contributed by atoms with E-state index in [0.717, 1.165) is 37.3 Å². The number of carbonyl (C=O) groups is 1. The van der Waals surface area contributed by atoms with Crippen LogP contribution in [-0.2, 0) is 0 Å². The number of aromatic nitrogens is 2. The molecule has 1 aliphatic rings. The monoisotopic (exact) mass is 374 g/mol. The van der Waals surface area contributed by atoms with Crippen molar-refractivity contribution < 1.29 is 4.79 Å². The summed E-state index contributed by atoms with van der Waals surface area (Å²) in [6.45, 7) is 9.10. The number of carbonyl (C=O) groups excluding carboxylic acids is 1. The number of benzene rings is 1. The second kappa shape index (κ2) is 7.80. The molecule has 140 valence electrons. The van der Waals surface area contributed by atoms with E-state index >= 15 is 0 Å². The lowest BCUT2D eigenvalue weighted by atomic mass is 9.81. The Bertz CT molecular complexity index is 778. The Morgan fingerprint density at radius 2 is 2.12 bits per heavy atom. The van der Waals surface area contributed by atoms with Crippen LogP contribution in [0.3, 0.4) is 0 Å². The van der Waals surface area contributed by atoms with Crippen molar-refractivity contribution in [2.75, 3.05) is 19.6 Å². The second-order valence-electron chi connectivity index (χ2n) is 7.73. The molecule has 1 aromatic carbocycles. The third kappa shape index (κ3) is 4.10. The van der Waals surface area contributed by atoms with Gasteiger partial charge in [-0.3, -0.25) is 4.79 Å². The highest BCUT2D eigenvalue weighted by Gasteiger charge is 2.28. The Kier molecular flexibility index (Phi) is 5.68. The van der Waals surface area contributed by atoms with Gasteiger partial charge in [0.05, 0.1) is 23.1 Å². The van der Waals surface area contributed by atoms with Gasteiger partial charge in [0, 0.05) is 11.6 Å². The first-order chi connectivity index (χ1) is 12.4. The number of nitrogens with one attached hydrogen (secondary N) is 2. The Labute approximate surface area is 160 Å². The van der Waals surface area contributed by atoms with Gasteiger partial charge in [-0.2, -0.15) is 5.10 Å². The summed E-state index contributed by atoms with van der Waals surface area (Å²) >= 11 is 6.12. The summed E-state index contributed by atoms with van der Waals surface area (Å²) in [5, 5.41) is 11.6. The van der Waals surface area contributed by atoms with Crippen molar-refractivity contribution in [1.29, 1.82) is 0 Å². The first kappa shape index (κ1) is 18.9. The first-order valence-corrected chi connectivity index (χ1v) is 9.60. The number of halogens is 1. The van der Waals surface area contributed by atoms with Crippen LogP contribution >= 0.6 is 11.6 Å². The first-order valence-electron chi connectivity index (χ1n) is 9.22. The summed E-state index contributed by atoms with van der Waals surface area (Å²) < 4.78 is 1.82. The molecule has 2 N–H and O–H groups in total. The molecule has 1 amide bonds. The van der Waals surface area contributed by atoms with E-state index in [4.69, 9.17) is 11.6 Å². The van der Waals surface area contributed by atoms with Crippen molar-refractivity contribution in [3.8, 4) is 5.69 Å². The molecule has 3 rings (SSSR count). The number of piperidine rings is 1. The molecule has 0 unspecified atom stereocenters. The minimum absolute atomic E-state index is 0.0539. The molecule has 26 heavy (non-hydrogen) atoms. The van der Waals surface area contributed by atoms with Crippen molar-refractivity contribution >= 4 is 17.5 Å². The third-order valence-corrected chi connectivity index (χ3v) is 5.37. The highest BCUT2D eigenvalue weighted by atomic mass is 35.5. The lowest BCUT2D eigenvalue weighted by molar-refractivity contribution is 0.0921. The van der Waals surface area contributed by atoms with Crippen molar-refractivity contribution in [2.45, 2.75) is 39.5 Å². The van der Waals surface area contributed by atoms with Crippen molar-refractivity contribution in [3.63, 3.8) is 0 Å². The van der Waals surface area contributed by atoms with Crippen LogP contribution in [-0.4, -0.2) is 35.3 Å². The SMILES string of the molecule is CC(C)c1c(C(=O)NCC2(C)CCNCC2)cnn1-c1cccc(Cl)c1. The van der Waals surface area contributed by atoms with Gasteiger partial charge in [-0.1, -0.05) is 38.4 Å². The summed E-state index contributed by atoms with van der Waals surface area (Å²) in [7, 11) is 0. The molecule has 6 heteroatoms. The van der Waals surface area contributed by atoms with Crippen LogP contribution in [0.5, 0.6) is 0 Å². The fourth-order valence-electron chi connectivity index (χ4n) is 3.50. The van der Waals surface area contributed by atoms with Crippen LogP contribution in [0.2, 0.25) is 5.02 Å².